The van der Waals surface area contributed by atoms with Gasteiger partial charge in [0.15, 0.2) is 11.5 Å². The van der Waals surface area contributed by atoms with Crippen LogP contribution in [0.1, 0.15) is 10.4 Å². The van der Waals surface area contributed by atoms with Crippen LogP contribution in [0.25, 0.3) is 0 Å². The van der Waals surface area contributed by atoms with Gasteiger partial charge < -0.3 is 24.8 Å². The van der Waals surface area contributed by atoms with Crippen molar-refractivity contribution in [1.82, 2.24) is 15.1 Å². The fraction of sp³-hybridized carbons (Fsp3) is 0.312. The lowest BCUT2D eigenvalue weighted by molar-refractivity contribution is -0.115. The molecule has 0 aliphatic carbocycles. The second-order valence-corrected chi connectivity index (χ2v) is 5.03. The van der Waals surface area contributed by atoms with Crippen LogP contribution in [-0.2, 0) is 11.8 Å². The van der Waals surface area contributed by atoms with Crippen molar-refractivity contribution < 1.29 is 23.8 Å². The van der Waals surface area contributed by atoms with Crippen molar-refractivity contribution in [3.63, 3.8) is 0 Å². The maximum atomic E-state index is 12.1. The Labute approximate surface area is 144 Å². The fourth-order valence-electron chi connectivity index (χ4n) is 2.15. The van der Waals surface area contributed by atoms with E-state index in [-0.39, 0.29) is 23.9 Å². The maximum absolute atomic E-state index is 12.1. The molecule has 2 aromatic rings. The molecule has 0 unspecified atom stereocenters. The van der Waals surface area contributed by atoms with Crippen molar-refractivity contribution in [3.8, 4) is 17.4 Å². The van der Waals surface area contributed by atoms with Gasteiger partial charge in [0.25, 0.3) is 5.91 Å². The third-order valence-corrected chi connectivity index (χ3v) is 3.31. The number of amides is 2. The van der Waals surface area contributed by atoms with Gasteiger partial charge in [0, 0.05) is 25.0 Å². The molecule has 0 saturated heterocycles. The molecule has 0 aliphatic rings. The number of nitrogens with zero attached hydrogens (tertiary/aromatic N) is 2. The second kappa shape index (κ2) is 8.04. The number of rotatable bonds is 7. The van der Waals surface area contributed by atoms with E-state index in [0.29, 0.717) is 17.2 Å². The molecular weight excluding hydrogens is 328 g/mol. The van der Waals surface area contributed by atoms with Gasteiger partial charge in [-0.15, -0.1) is 5.10 Å². The summed E-state index contributed by atoms with van der Waals surface area (Å²) in [6, 6.07) is 4.97. The first-order valence-electron chi connectivity index (χ1n) is 7.36. The molecule has 9 nitrogen and oxygen atoms in total. The SMILES string of the molecule is COc1ccc(NC(=O)CNC(=O)c2cn(C)nc2OC)cc1OC. The van der Waals surface area contributed by atoms with Gasteiger partial charge in [-0.05, 0) is 12.1 Å². The number of methoxy groups -OCH3 is 3. The summed E-state index contributed by atoms with van der Waals surface area (Å²) in [5.74, 6) is 0.401. The number of hydrogen-bond acceptors (Lipinski definition) is 6. The predicted octanol–water partition coefficient (Wildman–Crippen LogP) is 0.814. The highest BCUT2D eigenvalue weighted by Crippen LogP contribution is 2.29. The van der Waals surface area contributed by atoms with E-state index in [4.69, 9.17) is 14.2 Å². The minimum Gasteiger partial charge on any atom is -0.493 e. The van der Waals surface area contributed by atoms with Gasteiger partial charge in [-0.1, -0.05) is 0 Å². The molecule has 25 heavy (non-hydrogen) atoms. The molecule has 9 heteroatoms. The molecule has 0 bridgehead atoms. The third-order valence-electron chi connectivity index (χ3n) is 3.31. The van der Waals surface area contributed by atoms with Crippen LogP contribution in [0.15, 0.2) is 24.4 Å². The van der Waals surface area contributed by atoms with Crippen LogP contribution in [0.5, 0.6) is 17.4 Å². The number of carbonyl (C=O) groups is 2. The highest BCUT2D eigenvalue weighted by Gasteiger charge is 2.17. The first-order valence-corrected chi connectivity index (χ1v) is 7.36. The Morgan fingerprint density at radius 2 is 1.84 bits per heavy atom. The van der Waals surface area contributed by atoms with E-state index in [0.717, 1.165) is 0 Å². The van der Waals surface area contributed by atoms with Crippen LogP contribution in [0, 0.1) is 0 Å². The van der Waals surface area contributed by atoms with Gasteiger partial charge in [-0.2, -0.15) is 0 Å². The van der Waals surface area contributed by atoms with Crippen molar-refractivity contribution in [2.75, 3.05) is 33.2 Å². The Hall–Kier alpha value is -3.23. The zero-order valence-electron chi connectivity index (χ0n) is 14.5. The Kier molecular flexibility index (Phi) is 5.83. The molecule has 0 spiro atoms. The van der Waals surface area contributed by atoms with Crippen LogP contribution in [-0.4, -0.2) is 49.5 Å². The number of aromatic nitrogens is 2. The molecule has 0 aliphatic heterocycles. The minimum atomic E-state index is -0.451. The topological polar surface area (TPSA) is 104 Å². The first-order chi connectivity index (χ1) is 12.0. The second-order valence-electron chi connectivity index (χ2n) is 5.03. The van der Waals surface area contributed by atoms with Gasteiger partial charge in [0.2, 0.25) is 11.8 Å². The molecule has 1 heterocycles. The summed E-state index contributed by atoms with van der Waals surface area (Å²) in [6.07, 6.45) is 1.51. The van der Waals surface area contributed by atoms with Gasteiger partial charge >= 0.3 is 0 Å². The van der Waals surface area contributed by atoms with E-state index in [1.165, 1.54) is 32.2 Å². The Bertz CT molecular complexity index is 772. The number of nitrogens with one attached hydrogen (secondary N) is 2. The van der Waals surface area contributed by atoms with Gasteiger partial charge in [-0.3, -0.25) is 14.3 Å². The van der Waals surface area contributed by atoms with Crippen LogP contribution in [0.3, 0.4) is 0 Å². The van der Waals surface area contributed by atoms with E-state index in [1.54, 1.807) is 25.2 Å². The van der Waals surface area contributed by atoms with Crippen LogP contribution in [0.2, 0.25) is 0 Å². The lowest BCUT2D eigenvalue weighted by Crippen LogP contribution is -2.32. The van der Waals surface area contributed by atoms with E-state index in [1.807, 2.05) is 0 Å². The van der Waals surface area contributed by atoms with Gasteiger partial charge in [0.05, 0.1) is 27.9 Å². The summed E-state index contributed by atoms with van der Waals surface area (Å²) in [5, 5.41) is 9.17. The minimum absolute atomic E-state index is 0.195. The normalized spacial score (nSPS) is 10.1. The van der Waals surface area contributed by atoms with Crippen molar-refractivity contribution in [2.45, 2.75) is 0 Å². The molecule has 1 aromatic heterocycles. The summed E-state index contributed by atoms with van der Waals surface area (Å²) in [5.41, 5.74) is 0.778. The number of aryl methyl sites for hydroxylation is 1. The van der Waals surface area contributed by atoms with Crippen molar-refractivity contribution >= 4 is 17.5 Å². The number of anilines is 1. The summed E-state index contributed by atoms with van der Waals surface area (Å²) in [6.45, 7) is -0.203. The molecule has 0 saturated carbocycles. The molecule has 2 N–H and O–H groups in total. The molecule has 0 fully saturated rings. The number of carbonyl (C=O) groups excluding carboxylic acids is 2. The Morgan fingerprint density at radius 3 is 2.48 bits per heavy atom. The Morgan fingerprint density at radius 1 is 1.12 bits per heavy atom. The van der Waals surface area contributed by atoms with E-state index >= 15 is 0 Å². The average Bonchev–Trinajstić information content (AvgIpc) is 3.00. The average molecular weight is 348 g/mol. The molecular formula is C16H20N4O5. The first kappa shape index (κ1) is 18.1. The lowest BCUT2D eigenvalue weighted by Gasteiger charge is -2.11. The zero-order valence-corrected chi connectivity index (χ0v) is 14.5. The lowest BCUT2D eigenvalue weighted by atomic mass is 10.2. The molecule has 2 rings (SSSR count). The summed E-state index contributed by atoms with van der Waals surface area (Å²) >= 11 is 0. The smallest absolute Gasteiger partial charge is 0.258 e. The quantitative estimate of drug-likeness (QED) is 0.768. The summed E-state index contributed by atoms with van der Waals surface area (Å²) < 4.78 is 16.8. The third kappa shape index (κ3) is 4.40. The molecule has 0 radical (unpaired) electrons. The molecule has 134 valence electrons. The largest absolute Gasteiger partial charge is 0.493 e. The maximum Gasteiger partial charge on any atom is 0.258 e. The van der Waals surface area contributed by atoms with Crippen molar-refractivity contribution in [2.24, 2.45) is 7.05 Å². The monoisotopic (exact) mass is 348 g/mol. The summed E-state index contributed by atoms with van der Waals surface area (Å²) in [4.78, 5) is 24.1. The summed E-state index contributed by atoms with van der Waals surface area (Å²) in [7, 11) is 6.12. The highest BCUT2D eigenvalue weighted by atomic mass is 16.5. The van der Waals surface area contributed by atoms with E-state index < -0.39 is 5.91 Å². The van der Waals surface area contributed by atoms with Crippen molar-refractivity contribution in [3.05, 3.63) is 30.0 Å². The van der Waals surface area contributed by atoms with Crippen LogP contribution in [0.4, 0.5) is 5.69 Å². The number of benzene rings is 1. The standard InChI is InChI=1S/C16H20N4O5/c1-20-9-11(16(19-20)25-4)15(22)17-8-14(21)18-10-5-6-12(23-2)13(7-10)24-3/h5-7,9H,8H2,1-4H3,(H,17,22)(H,18,21). The van der Waals surface area contributed by atoms with Crippen LogP contribution < -0.4 is 24.8 Å². The number of hydrogen-bond donors (Lipinski definition) is 2. The number of ether oxygens (including phenoxy) is 3. The fourth-order valence-corrected chi connectivity index (χ4v) is 2.15. The predicted molar refractivity (Wildman–Crippen MR) is 90.3 cm³/mol. The molecule has 0 atom stereocenters. The van der Waals surface area contributed by atoms with E-state index in [9.17, 15) is 9.59 Å². The van der Waals surface area contributed by atoms with E-state index in [2.05, 4.69) is 15.7 Å². The molecule has 2 amide bonds. The van der Waals surface area contributed by atoms with Gasteiger partial charge in [-0.25, -0.2) is 0 Å². The van der Waals surface area contributed by atoms with Crippen LogP contribution >= 0.6 is 0 Å². The van der Waals surface area contributed by atoms with Crippen molar-refractivity contribution in [1.29, 1.82) is 0 Å². The molecule has 1 aromatic carbocycles. The van der Waals surface area contributed by atoms with Gasteiger partial charge in [0.1, 0.15) is 5.56 Å². The Balaban J connectivity index is 1.95. The zero-order chi connectivity index (χ0) is 18.4. The highest BCUT2D eigenvalue weighted by molar-refractivity contribution is 6.00.